The van der Waals surface area contributed by atoms with Gasteiger partial charge in [0.05, 0.1) is 12.7 Å². The van der Waals surface area contributed by atoms with Gasteiger partial charge in [0.2, 0.25) is 0 Å². The molecule has 0 bridgehead atoms. The first-order valence-electron chi connectivity index (χ1n) is 7.72. The van der Waals surface area contributed by atoms with Crippen LogP contribution in [0.4, 0.5) is 4.39 Å². The monoisotopic (exact) mass is 327 g/mol. The first-order chi connectivity index (χ1) is 11.6. The van der Waals surface area contributed by atoms with Crippen molar-refractivity contribution in [2.45, 2.75) is 6.92 Å². The Hall–Kier alpha value is -2.82. The van der Waals surface area contributed by atoms with Crippen molar-refractivity contribution in [3.8, 4) is 11.5 Å². The molecule has 1 amide bonds. The molecule has 1 N–H and O–H groups in total. The zero-order chi connectivity index (χ0) is 17.1. The molecule has 124 valence electrons. The zero-order valence-corrected chi connectivity index (χ0v) is 13.6. The van der Waals surface area contributed by atoms with Crippen LogP contribution in [0.2, 0.25) is 0 Å². The number of carbonyl (C=O) groups excluding carboxylic acids is 1. The average molecular weight is 327 g/mol. The number of halogens is 1. The quantitative estimate of drug-likeness (QED) is 0.938. The van der Waals surface area contributed by atoms with E-state index in [4.69, 9.17) is 9.47 Å². The summed E-state index contributed by atoms with van der Waals surface area (Å²) in [7, 11) is 1.58. The van der Waals surface area contributed by atoms with E-state index in [1.807, 2.05) is 19.1 Å². The number of rotatable bonds is 4. The van der Waals surface area contributed by atoms with Gasteiger partial charge in [0.15, 0.2) is 0 Å². The van der Waals surface area contributed by atoms with Gasteiger partial charge in [-0.2, -0.15) is 0 Å². The molecule has 4 nitrogen and oxygen atoms in total. The molecule has 5 heteroatoms. The summed E-state index contributed by atoms with van der Waals surface area (Å²) in [6.07, 6.45) is 0. The zero-order valence-electron chi connectivity index (χ0n) is 13.6. The lowest BCUT2D eigenvalue weighted by atomic mass is 9.90. The minimum absolute atomic E-state index is 0.165. The van der Waals surface area contributed by atoms with Crippen LogP contribution in [0.15, 0.2) is 48.0 Å². The van der Waals surface area contributed by atoms with Crippen molar-refractivity contribution >= 4 is 11.5 Å². The van der Waals surface area contributed by atoms with Gasteiger partial charge >= 0.3 is 0 Å². The Morgan fingerprint density at radius 1 is 1.25 bits per heavy atom. The minimum atomic E-state index is -0.322. The molecule has 0 saturated heterocycles. The second kappa shape index (κ2) is 6.74. The highest BCUT2D eigenvalue weighted by Gasteiger charge is 2.26. The van der Waals surface area contributed by atoms with E-state index in [9.17, 15) is 9.18 Å². The molecule has 0 atom stereocenters. The molecule has 0 aliphatic carbocycles. The van der Waals surface area contributed by atoms with Crippen molar-refractivity contribution < 1.29 is 18.7 Å². The normalized spacial score (nSPS) is 13.1. The highest BCUT2D eigenvalue weighted by molar-refractivity contribution is 6.06. The summed E-state index contributed by atoms with van der Waals surface area (Å²) in [5.41, 5.74) is 2.77. The van der Waals surface area contributed by atoms with Gasteiger partial charge in [-0.1, -0.05) is 12.1 Å². The summed E-state index contributed by atoms with van der Waals surface area (Å²) in [5.74, 6) is 0.819. The molecule has 0 radical (unpaired) electrons. The van der Waals surface area contributed by atoms with Crippen molar-refractivity contribution in [2.75, 3.05) is 20.3 Å². The fourth-order valence-corrected chi connectivity index (χ4v) is 2.73. The second-order valence-electron chi connectivity index (χ2n) is 5.37. The van der Waals surface area contributed by atoms with Gasteiger partial charge in [-0.25, -0.2) is 4.39 Å². The number of amides is 1. The number of ether oxygens (including phenoxy) is 2. The fourth-order valence-electron chi connectivity index (χ4n) is 2.73. The first kappa shape index (κ1) is 16.1. The summed E-state index contributed by atoms with van der Waals surface area (Å²) in [6, 6.07) is 11.5. The largest absolute Gasteiger partial charge is 0.497 e. The number of fused-ring (bicyclic) bond motifs is 1. The maximum Gasteiger partial charge on any atom is 0.251 e. The number of hydrogen-bond donors (Lipinski definition) is 1. The molecule has 2 aromatic carbocycles. The van der Waals surface area contributed by atoms with E-state index in [1.54, 1.807) is 25.3 Å². The summed E-state index contributed by atoms with van der Waals surface area (Å²) in [5, 5.41) is 2.80. The predicted octanol–water partition coefficient (Wildman–Crippen LogP) is 3.16. The van der Waals surface area contributed by atoms with Gasteiger partial charge < -0.3 is 14.8 Å². The number of nitrogens with one attached hydrogen (secondary N) is 1. The van der Waals surface area contributed by atoms with Crippen LogP contribution in [0.1, 0.15) is 18.1 Å². The maximum atomic E-state index is 13.3. The predicted molar refractivity (Wildman–Crippen MR) is 89.6 cm³/mol. The molecule has 0 spiro atoms. The van der Waals surface area contributed by atoms with E-state index in [1.165, 1.54) is 12.1 Å². The van der Waals surface area contributed by atoms with Crippen molar-refractivity contribution in [3.63, 3.8) is 0 Å². The molecule has 1 aliphatic rings. The van der Waals surface area contributed by atoms with Crippen molar-refractivity contribution in [3.05, 3.63) is 65.0 Å². The smallest absolute Gasteiger partial charge is 0.251 e. The topological polar surface area (TPSA) is 47.6 Å². The summed E-state index contributed by atoms with van der Waals surface area (Å²) in [6.45, 7) is 2.54. The van der Waals surface area contributed by atoms with E-state index < -0.39 is 0 Å². The Balaban J connectivity index is 2.21. The molecule has 24 heavy (non-hydrogen) atoms. The van der Waals surface area contributed by atoms with Crippen LogP contribution in [0.3, 0.4) is 0 Å². The van der Waals surface area contributed by atoms with E-state index >= 15 is 0 Å². The third kappa shape index (κ3) is 2.97. The van der Waals surface area contributed by atoms with Crippen molar-refractivity contribution in [1.29, 1.82) is 0 Å². The van der Waals surface area contributed by atoms with Gasteiger partial charge in [-0.05, 0) is 42.8 Å². The summed E-state index contributed by atoms with van der Waals surface area (Å²) < 4.78 is 24.3. The molecule has 1 aliphatic heterocycles. The lowest BCUT2D eigenvalue weighted by Crippen LogP contribution is -2.30. The Kier molecular flexibility index (Phi) is 4.51. The summed E-state index contributed by atoms with van der Waals surface area (Å²) in [4.78, 5) is 12.5. The van der Waals surface area contributed by atoms with E-state index in [0.29, 0.717) is 23.6 Å². The number of benzene rings is 2. The lowest BCUT2D eigenvalue weighted by molar-refractivity contribution is -0.117. The molecule has 0 unspecified atom stereocenters. The molecule has 3 rings (SSSR count). The standard InChI is InChI=1S/C19H18FNO3/c1-3-21-19(22)16-11-24-17-9-8-14(23-2)10-15(17)18(16)12-4-6-13(20)7-5-12/h4-10H,3,11H2,1-2H3,(H,21,22). The van der Waals surface area contributed by atoms with Crippen molar-refractivity contribution in [2.24, 2.45) is 0 Å². The molecule has 0 aromatic heterocycles. The molecule has 0 saturated carbocycles. The molecule has 0 fully saturated rings. The molecular weight excluding hydrogens is 309 g/mol. The van der Waals surface area contributed by atoms with E-state index in [-0.39, 0.29) is 18.3 Å². The van der Waals surface area contributed by atoms with Gasteiger partial charge in [0, 0.05) is 17.7 Å². The highest BCUT2D eigenvalue weighted by atomic mass is 19.1. The third-order valence-electron chi connectivity index (χ3n) is 3.87. The van der Waals surface area contributed by atoms with Gasteiger partial charge in [-0.15, -0.1) is 0 Å². The van der Waals surface area contributed by atoms with E-state index in [0.717, 1.165) is 16.7 Å². The Bertz CT molecular complexity index is 797. The van der Waals surface area contributed by atoms with Crippen LogP contribution in [0, 0.1) is 5.82 Å². The van der Waals surface area contributed by atoms with Crippen LogP contribution >= 0.6 is 0 Å². The van der Waals surface area contributed by atoms with E-state index in [2.05, 4.69) is 5.32 Å². The van der Waals surface area contributed by atoms with Crippen LogP contribution < -0.4 is 14.8 Å². The Morgan fingerprint density at radius 3 is 2.67 bits per heavy atom. The average Bonchev–Trinajstić information content (AvgIpc) is 2.61. The summed E-state index contributed by atoms with van der Waals surface area (Å²) >= 11 is 0. The molecular formula is C19H18FNO3. The lowest BCUT2D eigenvalue weighted by Gasteiger charge is -2.24. The Labute approximate surface area is 139 Å². The van der Waals surface area contributed by atoms with Crippen LogP contribution in [-0.4, -0.2) is 26.2 Å². The van der Waals surface area contributed by atoms with Crippen molar-refractivity contribution in [1.82, 2.24) is 5.32 Å². The van der Waals surface area contributed by atoms with Crippen LogP contribution in [0.25, 0.3) is 5.57 Å². The molecule has 1 heterocycles. The molecule has 2 aromatic rings. The maximum absolute atomic E-state index is 13.3. The Morgan fingerprint density at radius 2 is 2.00 bits per heavy atom. The highest BCUT2D eigenvalue weighted by Crippen LogP contribution is 2.39. The van der Waals surface area contributed by atoms with Crippen LogP contribution in [0.5, 0.6) is 11.5 Å². The van der Waals surface area contributed by atoms with Gasteiger partial charge in [0.25, 0.3) is 5.91 Å². The number of carbonyl (C=O) groups is 1. The number of hydrogen-bond acceptors (Lipinski definition) is 3. The number of likely N-dealkylation sites (N-methyl/N-ethyl adjacent to an activating group) is 1. The third-order valence-corrected chi connectivity index (χ3v) is 3.87. The van der Waals surface area contributed by atoms with Gasteiger partial charge in [-0.3, -0.25) is 4.79 Å². The van der Waals surface area contributed by atoms with Gasteiger partial charge in [0.1, 0.15) is 23.9 Å². The fraction of sp³-hybridized carbons (Fsp3) is 0.211. The number of methoxy groups -OCH3 is 1. The second-order valence-corrected chi connectivity index (χ2v) is 5.37. The minimum Gasteiger partial charge on any atom is -0.497 e. The first-order valence-corrected chi connectivity index (χ1v) is 7.72. The SMILES string of the molecule is CCNC(=O)C1=C(c2ccc(F)cc2)c2cc(OC)ccc2OC1. The van der Waals surface area contributed by atoms with Crippen LogP contribution in [-0.2, 0) is 4.79 Å².